The van der Waals surface area contributed by atoms with Crippen molar-refractivity contribution < 1.29 is 32.2 Å². The lowest BCUT2D eigenvalue weighted by Crippen LogP contribution is -2.35. The number of carboxylic acid groups (broad SMARTS) is 1. The van der Waals surface area contributed by atoms with Crippen LogP contribution in [0.15, 0.2) is 42.7 Å². The molecular weight excluding hydrogens is 478 g/mol. The second-order valence-corrected chi connectivity index (χ2v) is 8.65. The number of nitrogens with zero attached hydrogens (tertiary/aromatic N) is 3. The molecule has 1 N–H and O–H groups in total. The molecule has 1 aliphatic heterocycles. The summed E-state index contributed by atoms with van der Waals surface area (Å²) in [4.78, 5) is 17.9. The molecule has 1 fully saturated rings. The van der Waals surface area contributed by atoms with E-state index in [0.717, 1.165) is 11.6 Å². The fraction of sp³-hybridized carbons (Fsp3) is 0.231. The Morgan fingerprint density at radius 2 is 1.61 bits per heavy atom. The van der Waals surface area contributed by atoms with E-state index in [9.17, 15) is 9.90 Å². The highest BCUT2D eigenvalue weighted by atomic mass is 19.2. The van der Waals surface area contributed by atoms with Crippen molar-refractivity contribution in [3.8, 4) is 22.3 Å². The summed E-state index contributed by atoms with van der Waals surface area (Å²) < 4.78 is 68.0. The van der Waals surface area contributed by atoms with Crippen LogP contribution in [0, 0.1) is 23.3 Å². The van der Waals surface area contributed by atoms with Gasteiger partial charge in [-0.25, -0.2) is 27.3 Å². The third-order valence-electron chi connectivity index (χ3n) is 6.32. The lowest BCUT2D eigenvalue weighted by molar-refractivity contribution is 0.0342. The van der Waals surface area contributed by atoms with Crippen molar-refractivity contribution in [2.75, 3.05) is 26.3 Å². The van der Waals surface area contributed by atoms with Crippen molar-refractivity contribution >= 4 is 17.0 Å². The van der Waals surface area contributed by atoms with Crippen LogP contribution in [0.5, 0.6) is 0 Å². The lowest BCUT2D eigenvalue weighted by Gasteiger charge is -2.26. The summed E-state index contributed by atoms with van der Waals surface area (Å²) in [7, 11) is 1.56. The van der Waals surface area contributed by atoms with E-state index in [1.54, 1.807) is 19.2 Å². The normalized spacial score (nSPS) is 14.5. The van der Waals surface area contributed by atoms with Crippen molar-refractivity contribution in [2.45, 2.75) is 6.54 Å². The molecule has 0 amide bonds. The monoisotopic (exact) mass is 499 g/mol. The molecule has 1 saturated heterocycles. The van der Waals surface area contributed by atoms with Gasteiger partial charge in [0.1, 0.15) is 0 Å². The van der Waals surface area contributed by atoms with Gasteiger partial charge in [0.15, 0.2) is 23.3 Å². The van der Waals surface area contributed by atoms with Gasteiger partial charge in [0.25, 0.3) is 0 Å². The van der Waals surface area contributed by atoms with Gasteiger partial charge in [-0.15, -0.1) is 0 Å². The van der Waals surface area contributed by atoms with Gasteiger partial charge in [0, 0.05) is 26.7 Å². The molecular formula is C26H21F4N3O3. The number of ether oxygens (including phenoxy) is 1. The molecule has 0 saturated carbocycles. The van der Waals surface area contributed by atoms with Crippen LogP contribution >= 0.6 is 0 Å². The molecule has 2 heterocycles. The van der Waals surface area contributed by atoms with E-state index in [4.69, 9.17) is 4.74 Å². The first-order valence-electron chi connectivity index (χ1n) is 11.2. The number of hydrogen-bond donors (Lipinski definition) is 1. The van der Waals surface area contributed by atoms with Crippen LogP contribution < -0.4 is 0 Å². The molecule has 10 heteroatoms. The highest BCUT2D eigenvalue weighted by Gasteiger charge is 2.29. The number of rotatable bonds is 5. The number of hydrogen-bond acceptors (Lipinski definition) is 4. The van der Waals surface area contributed by atoms with Crippen molar-refractivity contribution in [1.29, 1.82) is 0 Å². The fourth-order valence-corrected chi connectivity index (χ4v) is 4.58. The molecule has 0 spiro atoms. The standard InChI is InChI=1S/C26H21F4N3O3/c1-32-13-31-18-11-16(10-17(25(18)32)26(34)35)20-23(29)21(27)19(22(28)24(20)30)15-4-2-3-14(9-15)12-33-5-7-36-8-6-33/h2-4,9-11,13H,5-8,12H2,1H3,(H,34,35). The Bertz CT molecular complexity index is 1470. The number of morpholine rings is 1. The Morgan fingerprint density at radius 1 is 0.972 bits per heavy atom. The molecule has 0 unspecified atom stereocenters. The average Bonchev–Trinajstić information content (AvgIpc) is 3.24. The van der Waals surface area contributed by atoms with Crippen LogP contribution in [0.25, 0.3) is 33.3 Å². The number of aryl methyl sites for hydroxylation is 1. The van der Waals surface area contributed by atoms with Crippen LogP contribution in [0.3, 0.4) is 0 Å². The van der Waals surface area contributed by atoms with Crippen molar-refractivity contribution in [2.24, 2.45) is 7.05 Å². The molecule has 0 bridgehead atoms. The zero-order valence-corrected chi connectivity index (χ0v) is 19.2. The first-order valence-corrected chi connectivity index (χ1v) is 11.2. The van der Waals surface area contributed by atoms with Crippen molar-refractivity contribution in [3.63, 3.8) is 0 Å². The summed E-state index contributed by atoms with van der Waals surface area (Å²) >= 11 is 0. The Kier molecular flexibility index (Phi) is 6.23. The fourth-order valence-electron chi connectivity index (χ4n) is 4.58. The Morgan fingerprint density at radius 3 is 2.25 bits per heavy atom. The van der Waals surface area contributed by atoms with E-state index in [1.807, 2.05) is 0 Å². The lowest BCUT2D eigenvalue weighted by atomic mass is 9.95. The highest BCUT2D eigenvalue weighted by molar-refractivity contribution is 6.03. The van der Waals surface area contributed by atoms with Crippen LogP contribution in [0.4, 0.5) is 17.6 Å². The molecule has 186 valence electrons. The summed E-state index contributed by atoms with van der Waals surface area (Å²) in [5.41, 5.74) is -1.41. The number of carboxylic acids is 1. The Labute approximate surface area is 203 Å². The molecule has 0 aliphatic carbocycles. The first kappa shape index (κ1) is 24.0. The zero-order valence-electron chi connectivity index (χ0n) is 19.2. The number of imidazole rings is 1. The predicted octanol–water partition coefficient (Wildman–Crippen LogP) is 4.99. The molecule has 3 aromatic carbocycles. The largest absolute Gasteiger partial charge is 0.478 e. The second-order valence-electron chi connectivity index (χ2n) is 8.65. The minimum absolute atomic E-state index is 0.00786. The van der Waals surface area contributed by atoms with E-state index in [0.29, 0.717) is 32.8 Å². The molecule has 4 aromatic rings. The summed E-state index contributed by atoms with van der Waals surface area (Å²) in [6, 6.07) is 8.40. The molecule has 6 nitrogen and oxygen atoms in total. The van der Waals surface area contributed by atoms with E-state index in [2.05, 4.69) is 9.88 Å². The maximum absolute atomic E-state index is 15.3. The van der Waals surface area contributed by atoms with Gasteiger partial charge in [-0.3, -0.25) is 4.90 Å². The molecule has 0 radical (unpaired) electrons. The number of carbonyl (C=O) groups is 1. The SMILES string of the molecule is Cn1cnc2cc(-c3c(F)c(F)c(-c4cccc(CN5CCOCC5)c4)c(F)c3F)cc(C(=O)O)c21. The minimum atomic E-state index is -1.62. The summed E-state index contributed by atoms with van der Waals surface area (Å²) in [6.07, 6.45) is 1.34. The third-order valence-corrected chi connectivity index (χ3v) is 6.32. The number of fused-ring (bicyclic) bond motifs is 1. The van der Waals surface area contributed by atoms with E-state index < -0.39 is 40.4 Å². The maximum atomic E-state index is 15.3. The molecule has 0 atom stereocenters. The molecule has 36 heavy (non-hydrogen) atoms. The Hall–Kier alpha value is -3.76. The van der Waals surface area contributed by atoms with Crippen LogP contribution in [0.1, 0.15) is 15.9 Å². The van der Waals surface area contributed by atoms with Gasteiger partial charge >= 0.3 is 5.97 Å². The molecule has 1 aliphatic rings. The number of aromatic carboxylic acids is 1. The summed E-state index contributed by atoms with van der Waals surface area (Å²) in [5, 5.41) is 9.59. The predicted molar refractivity (Wildman–Crippen MR) is 124 cm³/mol. The van der Waals surface area contributed by atoms with Gasteiger partial charge in [0.05, 0.1) is 47.3 Å². The summed E-state index contributed by atoms with van der Waals surface area (Å²) in [5.74, 6) is -7.74. The number of aromatic nitrogens is 2. The average molecular weight is 499 g/mol. The highest BCUT2D eigenvalue weighted by Crippen LogP contribution is 2.38. The van der Waals surface area contributed by atoms with E-state index >= 15 is 17.6 Å². The quantitative estimate of drug-likeness (QED) is 0.310. The maximum Gasteiger partial charge on any atom is 0.337 e. The minimum Gasteiger partial charge on any atom is -0.478 e. The number of benzene rings is 3. The smallest absolute Gasteiger partial charge is 0.337 e. The molecule has 5 rings (SSSR count). The number of halogens is 4. The first-order chi connectivity index (χ1) is 17.3. The second kappa shape index (κ2) is 9.36. The van der Waals surface area contributed by atoms with E-state index in [-0.39, 0.29) is 27.7 Å². The van der Waals surface area contributed by atoms with Crippen molar-refractivity contribution in [1.82, 2.24) is 14.5 Å². The van der Waals surface area contributed by atoms with Crippen LogP contribution in [0.2, 0.25) is 0 Å². The topological polar surface area (TPSA) is 67.6 Å². The van der Waals surface area contributed by atoms with Crippen LogP contribution in [-0.2, 0) is 18.3 Å². The summed E-state index contributed by atoms with van der Waals surface area (Å²) in [6.45, 7) is 3.04. The van der Waals surface area contributed by atoms with Gasteiger partial charge in [-0.05, 0) is 34.9 Å². The van der Waals surface area contributed by atoms with Gasteiger partial charge in [-0.1, -0.05) is 18.2 Å². The van der Waals surface area contributed by atoms with Gasteiger partial charge in [-0.2, -0.15) is 0 Å². The van der Waals surface area contributed by atoms with Gasteiger partial charge in [0.2, 0.25) is 0 Å². The molecule has 1 aromatic heterocycles. The van der Waals surface area contributed by atoms with E-state index in [1.165, 1.54) is 29.1 Å². The van der Waals surface area contributed by atoms with Crippen molar-refractivity contribution in [3.05, 3.63) is 77.1 Å². The Balaban J connectivity index is 1.61. The van der Waals surface area contributed by atoms with Crippen LogP contribution in [-0.4, -0.2) is 51.8 Å². The van der Waals surface area contributed by atoms with Gasteiger partial charge < -0.3 is 14.4 Å². The third kappa shape index (κ3) is 4.12. The zero-order chi connectivity index (χ0) is 25.6.